The molecule has 5 rings (SSSR count). The lowest BCUT2D eigenvalue weighted by Gasteiger charge is -2.21. The van der Waals surface area contributed by atoms with E-state index in [1.807, 2.05) is 17.5 Å². The number of thiophene rings is 1. The van der Waals surface area contributed by atoms with Gasteiger partial charge in [0.15, 0.2) is 22.5 Å². The minimum atomic E-state index is -0.336. The SMILES string of the molecule is COc1ccc(C(=O)NCc2nnc(SCC(=O)N3N=C(c4cccs4)CC3c3ccc(F)cc3)n2C)cc1OC. The van der Waals surface area contributed by atoms with Gasteiger partial charge in [0.2, 0.25) is 0 Å². The molecule has 0 radical (unpaired) electrons. The van der Waals surface area contributed by atoms with Crippen LogP contribution in [0.25, 0.3) is 0 Å². The molecular weight excluding hydrogens is 567 g/mol. The summed E-state index contributed by atoms with van der Waals surface area (Å²) in [6.45, 7) is 0.137. The Kier molecular flexibility index (Phi) is 8.64. The van der Waals surface area contributed by atoms with Crippen LogP contribution in [0.15, 0.2) is 70.2 Å². The van der Waals surface area contributed by atoms with Crippen molar-refractivity contribution in [2.75, 3.05) is 20.0 Å². The highest BCUT2D eigenvalue weighted by Crippen LogP contribution is 2.35. The van der Waals surface area contributed by atoms with Gasteiger partial charge in [0.25, 0.3) is 11.8 Å². The summed E-state index contributed by atoms with van der Waals surface area (Å²) in [4.78, 5) is 27.1. The fourth-order valence-electron chi connectivity index (χ4n) is 4.33. The number of benzene rings is 2. The van der Waals surface area contributed by atoms with Crippen LogP contribution in [0.4, 0.5) is 4.39 Å². The molecule has 3 heterocycles. The second kappa shape index (κ2) is 12.5. The fraction of sp³-hybridized carbons (Fsp3) is 0.250. The maximum atomic E-state index is 13.6. The summed E-state index contributed by atoms with van der Waals surface area (Å²) in [7, 11) is 4.80. The smallest absolute Gasteiger partial charge is 0.253 e. The molecule has 10 nitrogen and oxygen atoms in total. The Labute approximate surface area is 244 Å². The van der Waals surface area contributed by atoms with E-state index >= 15 is 0 Å². The Hall–Kier alpha value is -4.23. The van der Waals surface area contributed by atoms with Gasteiger partial charge in [0, 0.05) is 19.0 Å². The number of hydrogen-bond acceptors (Lipinski definition) is 9. The average molecular weight is 595 g/mol. The molecule has 2 aromatic carbocycles. The van der Waals surface area contributed by atoms with Crippen molar-refractivity contribution in [2.24, 2.45) is 12.1 Å². The molecule has 1 unspecified atom stereocenters. The number of rotatable bonds is 10. The van der Waals surface area contributed by atoms with E-state index in [1.165, 1.54) is 43.1 Å². The Bertz CT molecular complexity index is 1570. The maximum absolute atomic E-state index is 13.6. The third kappa shape index (κ3) is 6.25. The second-order valence-electron chi connectivity index (χ2n) is 9.03. The number of nitrogens with zero attached hydrogens (tertiary/aromatic N) is 5. The van der Waals surface area contributed by atoms with Crippen LogP contribution in [0.5, 0.6) is 11.5 Å². The molecule has 2 aromatic heterocycles. The lowest BCUT2D eigenvalue weighted by molar-refractivity contribution is -0.130. The number of ether oxygens (including phenoxy) is 2. The molecule has 2 amide bonds. The van der Waals surface area contributed by atoms with Gasteiger partial charge in [-0.2, -0.15) is 5.10 Å². The molecule has 0 aliphatic carbocycles. The Morgan fingerprint density at radius 2 is 1.88 bits per heavy atom. The van der Waals surface area contributed by atoms with Crippen molar-refractivity contribution >= 4 is 40.6 Å². The first kappa shape index (κ1) is 28.3. The zero-order valence-electron chi connectivity index (χ0n) is 22.5. The van der Waals surface area contributed by atoms with E-state index in [0.29, 0.717) is 34.5 Å². The Morgan fingerprint density at radius 1 is 1.10 bits per heavy atom. The summed E-state index contributed by atoms with van der Waals surface area (Å²) in [6.07, 6.45) is 0.538. The van der Waals surface area contributed by atoms with Crippen molar-refractivity contribution in [3.8, 4) is 11.5 Å². The van der Waals surface area contributed by atoms with Crippen LogP contribution in [-0.2, 0) is 18.4 Å². The maximum Gasteiger partial charge on any atom is 0.253 e. The van der Waals surface area contributed by atoms with E-state index in [0.717, 1.165) is 16.2 Å². The molecule has 0 saturated carbocycles. The number of thioether (sulfide) groups is 1. The molecule has 1 N–H and O–H groups in total. The van der Waals surface area contributed by atoms with E-state index in [2.05, 4.69) is 20.6 Å². The first-order chi connectivity index (χ1) is 19.9. The number of carbonyl (C=O) groups is 2. The molecule has 0 bridgehead atoms. The molecule has 41 heavy (non-hydrogen) atoms. The van der Waals surface area contributed by atoms with Gasteiger partial charge in [0.05, 0.1) is 43.1 Å². The topological polar surface area (TPSA) is 111 Å². The van der Waals surface area contributed by atoms with Crippen LogP contribution in [0, 0.1) is 5.82 Å². The molecule has 4 aromatic rings. The van der Waals surface area contributed by atoms with Gasteiger partial charge in [-0.3, -0.25) is 9.59 Å². The van der Waals surface area contributed by atoms with E-state index in [-0.39, 0.29) is 36.0 Å². The molecule has 1 atom stereocenters. The van der Waals surface area contributed by atoms with Crippen LogP contribution in [0.3, 0.4) is 0 Å². The van der Waals surface area contributed by atoms with Crippen LogP contribution < -0.4 is 14.8 Å². The molecular formula is C28H27FN6O4S2. The van der Waals surface area contributed by atoms with E-state index < -0.39 is 0 Å². The largest absolute Gasteiger partial charge is 0.493 e. The van der Waals surface area contributed by atoms with Crippen molar-refractivity contribution < 1.29 is 23.5 Å². The van der Waals surface area contributed by atoms with Gasteiger partial charge in [-0.1, -0.05) is 30.0 Å². The average Bonchev–Trinajstić information content (AvgIpc) is 3.75. The lowest BCUT2D eigenvalue weighted by atomic mass is 10.0. The van der Waals surface area contributed by atoms with Crippen molar-refractivity contribution in [3.05, 3.63) is 87.6 Å². The van der Waals surface area contributed by atoms with Gasteiger partial charge < -0.3 is 19.4 Å². The molecule has 1 aliphatic rings. The van der Waals surface area contributed by atoms with E-state index in [9.17, 15) is 14.0 Å². The number of methoxy groups -OCH3 is 2. The van der Waals surface area contributed by atoms with E-state index in [1.54, 1.807) is 53.3 Å². The Morgan fingerprint density at radius 3 is 2.59 bits per heavy atom. The summed E-state index contributed by atoms with van der Waals surface area (Å²) >= 11 is 2.79. The summed E-state index contributed by atoms with van der Waals surface area (Å²) in [5.41, 5.74) is 2.04. The number of amides is 2. The van der Waals surface area contributed by atoms with Crippen LogP contribution >= 0.6 is 23.1 Å². The number of nitrogens with one attached hydrogen (secondary N) is 1. The summed E-state index contributed by atoms with van der Waals surface area (Å²) in [5, 5.41) is 19.8. The second-order valence-corrected chi connectivity index (χ2v) is 10.9. The van der Waals surface area contributed by atoms with Crippen LogP contribution in [0.1, 0.15) is 39.1 Å². The predicted octanol–water partition coefficient (Wildman–Crippen LogP) is 4.43. The molecule has 1 aliphatic heterocycles. The summed E-state index contributed by atoms with van der Waals surface area (Å²) in [6, 6.07) is 14.6. The van der Waals surface area contributed by atoms with Gasteiger partial charge in [-0.25, -0.2) is 9.40 Å². The summed E-state index contributed by atoms with van der Waals surface area (Å²) < 4.78 is 25.8. The third-order valence-electron chi connectivity index (χ3n) is 6.53. The standard InChI is InChI=1S/C28H27FN6O4S2/c1-34-25(15-30-27(37)18-8-11-22(38-2)23(13-18)39-3)31-32-28(34)41-16-26(36)35-21(17-6-9-19(29)10-7-17)14-20(33-35)24-5-4-12-40-24/h4-13,21H,14-16H2,1-3H3,(H,30,37). The van der Waals surface area contributed by atoms with Crippen LogP contribution in [0.2, 0.25) is 0 Å². The predicted molar refractivity (Wildman–Crippen MR) is 154 cm³/mol. The van der Waals surface area contributed by atoms with Crippen molar-refractivity contribution in [1.82, 2.24) is 25.1 Å². The number of hydrogen-bond donors (Lipinski definition) is 1. The third-order valence-corrected chi connectivity index (χ3v) is 8.45. The lowest BCUT2D eigenvalue weighted by Crippen LogP contribution is -2.28. The van der Waals surface area contributed by atoms with Gasteiger partial charge in [-0.05, 0) is 47.3 Å². The minimum Gasteiger partial charge on any atom is -0.493 e. The molecule has 0 saturated heterocycles. The monoisotopic (exact) mass is 594 g/mol. The minimum absolute atomic E-state index is 0.0723. The Balaban J connectivity index is 1.23. The molecule has 212 valence electrons. The molecule has 0 fully saturated rings. The zero-order valence-corrected chi connectivity index (χ0v) is 24.2. The van der Waals surface area contributed by atoms with Gasteiger partial charge in [0.1, 0.15) is 5.82 Å². The first-order valence-corrected chi connectivity index (χ1v) is 14.4. The van der Waals surface area contributed by atoms with Crippen LogP contribution in [-0.4, -0.2) is 57.3 Å². The molecule has 0 spiro atoms. The summed E-state index contributed by atoms with van der Waals surface area (Å²) in [5.74, 6) is 0.729. The highest BCUT2D eigenvalue weighted by Gasteiger charge is 2.33. The number of aromatic nitrogens is 3. The molecule has 13 heteroatoms. The quantitative estimate of drug-likeness (QED) is 0.271. The van der Waals surface area contributed by atoms with Gasteiger partial charge in [-0.15, -0.1) is 21.5 Å². The van der Waals surface area contributed by atoms with Crippen molar-refractivity contribution in [1.29, 1.82) is 0 Å². The first-order valence-electron chi connectivity index (χ1n) is 12.6. The van der Waals surface area contributed by atoms with Crippen molar-refractivity contribution in [2.45, 2.75) is 24.2 Å². The zero-order chi connectivity index (χ0) is 28.9. The normalized spacial score (nSPS) is 14.6. The van der Waals surface area contributed by atoms with E-state index in [4.69, 9.17) is 9.47 Å². The number of halogens is 1. The fourth-order valence-corrected chi connectivity index (χ4v) is 5.84. The number of hydrazone groups is 1. The van der Waals surface area contributed by atoms with Gasteiger partial charge >= 0.3 is 0 Å². The highest BCUT2D eigenvalue weighted by molar-refractivity contribution is 7.99. The number of carbonyl (C=O) groups excluding carboxylic acids is 2. The highest BCUT2D eigenvalue weighted by atomic mass is 32.2. The van der Waals surface area contributed by atoms with Crippen molar-refractivity contribution in [3.63, 3.8) is 0 Å².